The summed E-state index contributed by atoms with van der Waals surface area (Å²) in [4.78, 5) is 29.0. The van der Waals surface area contributed by atoms with Crippen LogP contribution in [0.4, 0.5) is 10.2 Å². The minimum Gasteiger partial charge on any atom is -0.347 e. The van der Waals surface area contributed by atoms with E-state index in [2.05, 4.69) is 15.6 Å². The number of halogens is 1. The molecule has 30 heavy (non-hydrogen) atoms. The Hall–Kier alpha value is -2.76. The highest BCUT2D eigenvalue weighted by Crippen LogP contribution is 2.33. The summed E-state index contributed by atoms with van der Waals surface area (Å²) in [6.45, 7) is 0. The van der Waals surface area contributed by atoms with Gasteiger partial charge in [-0.15, -0.1) is 0 Å². The van der Waals surface area contributed by atoms with Crippen molar-refractivity contribution in [1.29, 1.82) is 0 Å². The molecule has 0 atom stereocenters. The van der Waals surface area contributed by atoms with Crippen LogP contribution >= 0.6 is 0 Å². The molecule has 1 aromatic carbocycles. The van der Waals surface area contributed by atoms with Gasteiger partial charge in [-0.05, 0) is 62.3 Å². The monoisotopic (exact) mass is 409 g/mol. The van der Waals surface area contributed by atoms with Crippen molar-refractivity contribution in [2.75, 3.05) is 5.32 Å². The van der Waals surface area contributed by atoms with E-state index in [0.717, 1.165) is 63.4 Å². The highest BCUT2D eigenvalue weighted by Gasteiger charge is 2.34. The standard InChI is InChI=1S/C24H28FN3O2/c25-20-7-3-2-6-19(20)23(30)28-24(13-4-1-5-14-24)15-12-17-8-11-21(26-16-17)27-22(29)18-9-10-18/h2-3,6-8,11,16,18H,1,4-5,9-10,12-15H2,(H,28,30)(H,26,27,29). The molecule has 1 aromatic heterocycles. The van der Waals surface area contributed by atoms with Gasteiger partial charge in [-0.25, -0.2) is 9.37 Å². The number of hydrogen-bond acceptors (Lipinski definition) is 3. The van der Waals surface area contributed by atoms with Crippen LogP contribution in [0.1, 0.15) is 67.3 Å². The fourth-order valence-corrected chi connectivity index (χ4v) is 4.22. The average molecular weight is 410 g/mol. The van der Waals surface area contributed by atoms with E-state index in [1.165, 1.54) is 12.1 Å². The van der Waals surface area contributed by atoms with Crippen molar-refractivity contribution in [3.8, 4) is 0 Å². The number of carbonyl (C=O) groups excluding carboxylic acids is 2. The van der Waals surface area contributed by atoms with Gasteiger partial charge in [-0.3, -0.25) is 9.59 Å². The molecular formula is C24H28FN3O2. The maximum absolute atomic E-state index is 14.1. The number of aromatic nitrogens is 1. The number of rotatable bonds is 7. The van der Waals surface area contributed by atoms with Crippen molar-refractivity contribution in [3.05, 3.63) is 59.5 Å². The van der Waals surface area contributed by atoms with Crippen LogP contribution in [0.15, 0.2) is 42.6 Å². The molecule has 2 aliphatic carbocycles. The molecule has 1 heterocycles. The van der Waals surface area contributed by atoms with Crippen LogP contribution in [0, 0.1) is 11.7 Å². The van der Waals surface area contributed by atoms with Crippen LogP contribution in [0.5, 0.6) is 0 Å². The summed E-state index contributed by atoms with van der Waals surface area (Å²) in [6, 6.07) is 9.93. The Bertz CT molecular complexity index is 903. The van der Waals surface area contributed by atoms with Crippen molar-refractivity contribution in [2.45, 2.75) is 63.3 Å². The second kappa shape index (κ2) is 8.94. The molecule has 0 bridgehead atoms. The number of aryl methyl sites for hydroxylation is 1. The fraction of sp³-hybridized carbons (Fsp3) is 0.458. The molecule has 0 spiro atoms. The summed E-state index contributed by atoms with van der Waals surface area (Å²) in [5, 5.41) is 6.01. The average Bonchev–Trinajstić information content (AvgIpc) is 3.60. The molecule has 158 valence electrons. The van der Waals surface area contributed by atoms with Gasteiger partial charge in [0.05, 0.1) is 5.56 Å². The summed E-state index contributed by atoms with van der Waals surface area (Å²) in [6.07, 6.45) is 10.3. The number of nitrogens with zero attached hydrogens (tertiary/aromatic N) is 1. The first-order chi connectivity index (χ1) is 14.5. The quantitative estimate of drug-likeness (QED) is 0.700. The van der Waals surface area contributed by atoms with Crippen molar-refractivity contribution in [1.82, 2.24) is 10.3 Å². The maximum Gasteiger partial charge on any atom is 0.254 e. The largest absolute Gasteiger partial charge is 0.347 e. The van der Waals surface area contributed by atoms with Gasteiger partial charge in [0.1, 0.15) is 11.6 Å². The minimum atomic E-state index is -0.492. The lowest BCUT2D eigenvalue weighted by atomic mass is 9.77. The Morgan fingerprint density at radius 3 is 2.50 bits per heavy atom. The molecule has 0 unspecified atom stereocenters. The third kappa shape index (κ3) is 5.04. The van der Waals surface area contributed by atoms with E-state index in [9.17, 15) is 14.0 Å². The molecule has 2 aliphatic rings. The van der Waals surface area contributed by atoms with Crippen molar-refractivity contribution < 1.29 is 14.0 Å². The number of nitrogens with one attached hydrogen (secondary N) is 2. The molecule has 6 heteroatoms. The van der Waals surface area contributed by atoms with Gasteiger partial charge in [0.15, 0.2) is 0 Å². The van der Waals surface area contributed by atoms with Gasteiger partial charge >= 0.3 is 0 Å². The lowest BCUT2D eigenvalue weighted by Crippen LogP contribution is -2.50. The normalized spacial score (nSPS) is 17.9. The van der Waals surface area contributed by atoms with E-state index in [-0.39, 0.29) is 28.8 Å². The second-order valence-corrected chi connectivity index (χ2v) is 8.59. The third-order valence-corrected chi connectivity index (χ3v) is 6.22. The van der Waals surface area contributed by atoms with Crippen molar-refractivity contribution in [3.63, 3.8) is 0 Å². The third-order valence-electron chi connectivity index (χ3n) is 6.22. The lowest BCUT2D eigenvalue weighted by molar-refractivity contribution is -0.117. The second-order valence-electron chi connectivity index (χ2n) is 8.59. The van der Waals surface area contributed by atoms with E-state index in [0.29, 0.717) is 5.82 Å². The maximum atomic E-state index is 14.1. The van der Waals surface area contributed by atoms with Crippen LogP contribution in [0.25, 0.3) is 0 Å². The predicted molar refractivity (Wildman–Crippen MR) is 114 cm³/mol. The molecule has 2 saturated carbocycles. The summed E-state index contributed by atoms with van der Waals surface area (Å²) >= 11 is 0. The van der Waals surface area contributed by atoms with E-state index in [4.69, 9.17) is 0 Å². The van der Waals surface area contributed by atoms with Gasteiger partial charge in [-0.1, -0.05) is 37.5 Å². The molecular weight excluding hydrogens is 381 g/mol. The summed E-state index contributed by atoms with van der Waals surface area (Å²) in [7, 11) is 0. The zero-order valence-electron chi connectivity index (χ0n) is 17.1. The number of anilines is 1. The molecule has 0 saturated heterocycles. The number of amides is 2. The van der Waals surface area contributed by atoms with Crippen molar-refractivity contribution in [2.24, 2.45) is 5.92 Å². The Balaban J connectivity index is 1.39. The van der Waals surface area contributed by atoms with Crippen LogP contribution < -0.4 is 10.6 Å². The van der Waals surface area contributed by atoms with Crippen molar-refractivity contribution >= 4 is 17.6 Å². The fourth-order valence-electron chi connectivity index (χ4n) is 4.22. The molecule has 2 N–H and O–H groups in total. The number of pyridine rings is 1. The topological polar surface area (TPSA) is 71.1 Å². The zero-order valence-corrected chi connectivity index (χ0v) is 17.1. The van der Waals surface area contributed by atoms with Crippen LogP contribution in [-0.2, 0) is 11.2 Å². The van der Waals surface area contributed by atoms with Gasteiger partial charge in [-0.2, -0.15) is 0 Å². The van der Waals surface area contributed by atoms with E-state index < -0.39 is 5.82 Å². The zero-order chi connectivity index (χ0) is 21.0. The van der Waals surface area contributed by atoms with Gasteiger partial charge in [0, 0.05) is 17.7 Å². The van der Waals surface area contributed by atoms with Crippen LogP contribution in [-0.4, -0.2) is 22.3 Å². The molecule has 2 amide bonds. The Morgan fingerprint density at radius 2 is 1.83 bits per heavy atom. The first kappa shape index (κ1) is 20.5. The summed E-state index contributed by atoms with van der Waals surface area (Å²) in [5.74, 6) is -0.0564. The SMILES string of the molecule is O=C(NC1(CCc2ccc(NC(=O)C3CC3)nc2)CCCCC1)c1ccccc1F. The summed E-state index contributed by atoms with van der Waals surface area (Å²) in [5.41, 5.74) is 0.834. The smallest absolute Gasteiger partial charge is 0.254 e. The number of hydrogen-bond donors (Lipinski definition) is 2. The predicted octanol–water partition coefficient (Wildman–Crippen LogP) is 4.63. The molecule has 4 rings (SSSR count). The number of benzene rings is 1. The minimum absolute atomic E-state index is 0.0484. The Kier molecular flexibility index (Phi) is 6.11. The first-order valence-electron chi connectivity index (χ1n) is 10.9. The Morgan fingerprint density at radius 1 is 1.07 bits per heavy atom. The van der Waals surface area contributed by atoms with E-state index in [1.54, 1.807) is 18.3 Å². The first-order valence-corrected chi connectivity index (χ1v) is 10.9. The Labute approximate surface area is 176 Å². The van der Waals surface area contributed by atoms with Crippen LogP contribution in [0.3, 0.4) is 0 Å². The highest BCUT2D eigenvalue weighted by molar-refractivity contribution is 5.95. The van der Waals surface area contributed by atoms with Crippen LogP contribution in [0.2, 0.25) is 0 Å². The van der Waals surface area contributed by atoms with E-state index in [1.807, 2.05) is 12.1 Å². The molecule has 5 nitrogen and oxygen atoms in total. The highest BCUT2D eigenvalue weighted by atomic mass is 19.1. The molecule has 0 aliphatic heterocycles. The lowest BCUT2D eigenvalue weighted by Gasteiger charge is -2.38. The van der Waals surface area contributed by atoms with E-state index >= 15 is 0 Å². The van der Waals surface area contributed by atoms with Gasteiger partial charge in [0.25, 0.3) is 5.91 Å². The molecule has 2 aromatic rings. The summed E-state index contributed by atoms with van der Waals surface area (Å²) < 4.78 is 14.1. The van der Waals surface area contributed by atoms with Gasteiger partial charge < -0.3 is 10.6 Å². The van der Waals surface area contributed by atoms with Gasteiger partial charge in [0.2, 0.25) is 5.91 Å². The molecule has 2 fully saturated rings. The number of carbonyl (C=O) groups is 2. The molecule has 0 radical (unpaired) electrons.